The number of ketones is 1. The Morgan fingerprint density at radius 3 is 2.67 bits per heavy atom. The highest BCUT2D eigenvalue weighted by molar-refractivity contribution is 6.00. The molecule has 0 atom stereocenters. The van der Waals surface area contributed by atoms with E-state index in [-0.39, 0.29) is 5.56 Å². The zero-order chi connectivity index (χ0) is 13.2. The van der Waals surface area contributed by atoms with Crippen molar-refractivity contribution in [3.05, 3.63) is 54.1 Å². The van der Waals surface area contributed by atoms with Crippen LogP contribution in [0.25, 0.3) is 0 Å². The molecule has 2 rings (SSSR count). The van der Waals surface area contributed by atoms with Crippen molar-refractivity contribution in [1.82, 2.24) is 9.55 Å². The fourth-order valence-corrected chi connectivity index (χ4v) is 1.52. The van der Waals surface area contributed by atoms with Crippen LogP contribution in [0.1, 0.15) is 16.1 Å². The number of hydrogen-bond donors (Lipinski definition) is 0. The van der Waals surface area contributed by atoms with Crippen LogP contribution in [0.3, 0.4) is 0 Å². The van der Waals surface area contributed by atoms with Gasteiger partial charge in [-0.3, -0.25) is 9.78 Å². The minimum Gasteiger partial charge on any atom is -0.348 e. The molecule has 0 aliphatic heterocycles. The Balaban J connectivity index is 2.14. The van der Waals surface area contributed by atoms with Gasteiger partial charge in [-0.1, -0.05) is 6.07 Å². The second-order valence-corrected chi connectivity index (χ2v) is 3.72. The number of carbonyl (C=O) groups is 1. The van der Waals surface area contributed by atoms with Crippen molar-refractivity contribution in [2.24, 2.45) is 0 Å². The Morgan fingerprint density at radius 2 is 2.06 bits per heavy atom. The summed E-state index contributed by atoms with van der Waals surface area (Å²) >= 11 is 0. The summed E-state index contributed by atoms with van der Waals surface area (Å²) in [4.78, 5) is 15.0. The van der Waals surface area contributed by atoms with E-state index < -0.39 is 12.0 Å². The van der Waals surface area contributed by atoms with Crippen LogP contribution in [-0.4, -0.2) is 21.5 Å². The van der Waals surface area contributed by atoms with Crippen molar-refractivity contribution in [2.45, 2.75) is 12.7 Å². The molecule has 3 nitrogen and oxygen atoms in total. The second-order valence-electron chi connectivity index (χ2n) is 3.72. The Bertz CT molecular complexity index is 546. The van der Waals surface area contributed by atoms with Crippen molar-refractivity contribution in [3.63, 3.8) is 0 Å². The zero-order valence-corrected chi connectivity index (χ0v) is 9.19. The maximum Gasteiger partial charge on any atom is 0.454 e. The van der Waals surface area contributed by atoms with E-state index in [4.69, 9.17) is 0 Å². The van der Waals surface area contributed by atoms with Crippen LogP contribution < -0.4 is 0 Å². The first-order valence-corrected chi connectivity index (χ1v) is 5.14. The minimum absolute atomic E-state index is 0.325. The van der Waals surface area contributed by atoms with Crippen LogP contribution in [0.4, 0.5) is 13.2 Å². The summed E-state index contributed by atoms with van der Waals surface area (Å²) in [7, 11) is 0. The average Bonchev–Trinajstić information content (AvgIpc) is 2.76. The van der Waals surface area contributed by atoms with Gasteiger partial charge in [-0.15, -0.1) is 0 Å². The normalized spacial score (nSPS) is 11.5. The van der Waals surface area contributed by atoms with E-state index in [1.165, 1.54) is 17.0 Å². The molecule has 2 aromatic heterocycles. The highest BCUT2D eigenvalue weighted by Crippen LogP contribution is 2.21. The Labute approximate surface area is 101 Å². The average molecular weight is 254 g/mol. The summed E-state index contributed by atoms with van der Waals surface area (Å²) in [5.41, 5.74) is 0.345. The number of nitrogens with zero attached hydrogens (tertiary/aromatic N) is 2. The summed E-state index contributed by atoms with van der Waals surface area (Å²) in [5.74, 6) is -1.83. The van der Waals surface area contributed by atoms with Crippen LogP contribution in [0.15, 0.2) is 42.9 Å². The van der Waals surface area contributed by atoms with Gasteiger partial charge in [0.15, 0.2) is 0 Å². The monoisotopic (exact) mass is 254 g/mol. The molecule has 0 N–H and O–H groups in total. The van der Waals surface area contributed by atoms with Gasteiger partial charge in [-0.25, -0.2) is 0 Å². The molecule has 18 heavy (non-hydrogen) atoms. The lowest BCUT2D eigenvalue weighted by Crippen LogP contribution is -2.22. The number of pyridine rings is 1. The van der Waals surface area contributed by atoms with Gasteiger partial charge in [0.25, 0.3) is 5.78 Å². The standard InChI is InChI=1S/C12H9F3N2O/c13-12(14,15)11(18)9-4-6-17(7-9)8-10-3-1-2-5-16-10/h1-7H,8H2. The summed E-state index contributed by atoms with van der Waals surface area (Å²) in [5, 5.41) is 0. The maximum absolute atomic E-state index is 12.2. The molecule has 2 aromatic rings. The summed E-state index contributed by atoms with van der Waals surface area (Å²) < 4.78 is 38.1. The van der Waals surface area contributed by atoms with E-state index in [1.54, 1.807) is 24.4 Å². The van der Waals surface area contributed by atoms with Crippen LogP contribution in [0, 0.1) is 0 Å². The van der Waals surface area contributed by atoms with E-state index in [0.29, 0.717) is 12.2 Å². The number of Topliss-reactive ketones (excluding diaryl/α,β-unsaturated/α-hetero) is 1. The lowest BCUT2D eigenvalue weighted by molar-refractivity contribution is -0.0885. The first-order valence-electron chi connectivity index (χ1n) is 5.14. The molecule has 0 radical (unpaired) electrons. The van der Waals surface area contributed by atoms with Crippen LogP contribution in [0.2, 0.25) is 0 Å². The third kappa shape index (κ3) is 2.77. The molecule has 0 bridgehead atoms. The maximum atomic E-state index is 12.2. The van der Waals surface area contributed by atoms with Crippen LogP contribution in [0.5, 0.6) is 0 Å². The van der Waals surface area contributed by atoms with Crippen molar-refractivity contribution in [2.75, 3.05) is 0 Å². The first-order chi connectivity index (χ1) is 8.47. The van der Waals surface area contributed by atoms with Crippen molar-refractivity contribution >= 4 is 5.78 Å². The Morgan fingerprint density at radius 1 is 1.28 bits per heavy atom. The van der Waals surface area contributed by atoms with Gasteiger partial charge in [0.1, 0.15) is 0 Å². The van der Waals surface area contributed by atoms with Gasteiger partial charge in [0.05, 0.1) is 12.2 Å². The van der Waals surface area contributed by atoms with E-state index >= 15 is 0 Å². The van der Waals surface area contributed by atoms with Gasteiger partial charge < -0.3 is 4.57 Å². The van der Waals surface area contributed by atoms with Gasteiger partial charge in [0, 0.05) is 24.2 Å². The molecular weight excluding hydrogens is 245 g/mol. The number of hydrogen-bond acceptors (Lipinski definition) is 2. The Hall–Kier alpha value is -2.11. The highest BCUT2D eigenvalue weighted by Gasteiger charge is 2.39. The minimum atomic E-state index is -4.84. The number of alkyl halides is 3. The van der Waals surface area contributed by atoms with Gasteiger partial charge in [-0.05, 0) is 18.2 Å². The molecule has 0 amide bonds. The summed E-state index contributed by atoms with van der Waals surface area (Å²) in [6, 6.07) is 6.44. The molecular formula is C12H9F3N2O. The number of carbonyl (C=O) groups excluding carboxylic acids is 1. The molecule has 0 saturated carbocycles. The molecule has 2 heterocycles. The van der Waals surface area contributed by atoms with Crippen LogP contribution in [-0.2, 0) is 6.54 Å². The lowest BCUT2D eigenvalue weighted by atomic mass is 10.2. The summed E-state index contributed by atoms with van der Waals surface area (Å²) in [6.07, 6.45) is -0.643. The highest BCUT2D eigenvalue weighted by atomic mass is 19.4. The molecule has 0 aliphatic carbocycles. The fourth-order valence-electron chi connectivity index (χ4n) is 1.52. The number of aromatic nitrogens is 2. The molecule has 6 heteroatoms. The van der Waals surface area contributed by atoms with E-state index in [0.717, 1.165) is 6.07 Å². The third-order valence-corrected chi connectivity index (χ3v) is 2.34. The number of rotatable bonds is 3. The quantitative estimate of drug-likeness (QED) is 0.789. The molecule has 0 aromatic carbocycles. The second kappa shape index (κ2) is 4.64. The van der Waals surface area contributed by atoms with Gasteiger partial charge in [-0.2, -0.15) is 13.2 Å². The zero-order valence-electron chi connectivity index (χ0n) is 9.19. The SMILES string of the molecule is O=C(c1ccn(Cc2ccccn2)c1)C(F)(F)F. The van der Waals surface area contributed by atoms with Crippen molar-refractivity contribution in [1.29, 1.82) is 0 Å². The predicted molar refractivity (Wildman–Crippen MR) is 58.2 cm³/mol. The molecule has 0 spiro atoms. The lowest BCUT2D eigenvalue weighted by Gasteiger charge is -2.03. The fraction of sp³-hybridized carbons (Fsp3) is 0.167. The molecule has 0 aliphatic rings. The van der Waals surface area contributed by atoms with Crippen molar-refractivity contribution in [3.8, 4) is 0 Å². The number of halogens is 3. The summed E-state index contributed by atoms with van der Waals surface area (Å²) in [6.45, 7) is 0.325. The molecule has 94 valence electrons. The van der Waals surface area contributed by atoms with Crippen LogP contribution >= 0.6 is 0 Å². The van der Waals surface area contributed by atoms with E-state index in [1.807, 2.05) is 0 Å². The van der Waals surface area contributed by atoms with Gasteiger partial charge in [0.2, 0.25) is 0 Å². The van der Waals surface area contributed by atoms with E-state index in [9.17, 15) is 18.0 Å². The first kappa shape index (κ1) is 12.3. The molecule has 0 saturated heterocycles. The topological polar surface area (TPSA) is 34.9 Å². The predicted octanol–water partition coefficient (Wildman–Crippen LogP) is 2.68. The Kier molecular flexibility index (Phi) is 3.18. The van der Waals surface area contributed by atoms with Crippen molar-refractivity contribution < 1.29 is 18.0 Å². The third-order valence-electron chi connectivity index (χ3n) is 2.34. The molecule has 0 fully saturated rings. The smallest absolute Gasteiger partial charge is 0.348 e. The van der Waals surface area contributed by atoms with Gasteiger partial charge >= 0.3 is 6.18 Å². The largest absolute Gasteiger partial charge is 0.454 e. The van der Waals surface area contributed by atoms with E-state index in [2.05, 4.69) is 4.98 Å². The molecule has 0 unspecified atom stereocenters.